The fourth-order valence-corrected chi connectivity index (χ4v) is 3.52. The van der Waals surface area contributed by atoms with E-state index in [1.807, 2.05) is 6.07 Å². The summed E-state index contributed by atoms with van der Waals surface area (Å²) in [7, 11) is 0. The van der Waals surface area contributed by atoms with E-state index < -0.39 is 0 Å². The van der Waals surface area contributed by atoms with Crippen molar-refractivity contribution in [1.82, 2.24) is 0 Å². The minimum absolute atomic E-state index is 0.109. The average molecular weight is 290 g/mol. The number of hydrogen-bond acceptors (Lipinski definition) is 2. The molecule has 21 heavy (non-hydrogen) atoms. The first-order chi connectivity index (χ1) is 9.94. The van der Waals surface area contributed by atoms with Gasteiger partial charge in [0.05, 0.1) is 6.10 Å². The Labute approximate surface area is 129 Å². The summed E-state index contributed by atoms with van der Waals surface area (Å²) >= 11 is 0. The Hall–Kier alpha value is -1.02. The van der Waals surface area contributed by atoms with E-state index in [0.29, 0.717) is 11.7 Å². The number of phenolic OH excluding ortho intramolecular Hbond substituents is 1. The minimum atomic E-state index is -0.205. The number of rotatable bonds is 5. The molecular formula is C19H30O2. The molecule has 0 aliphatic heterocycles. The zero-order valence-electron chi connectivity index (χ0n) is 13.7. The second-order valence-corrected chi connectivity index (χ2v) is 7.28. The minimum Gasteiger partial charge on any atom is -0.508 e. The molecule has 0 unspecified atom stereocenters. The predicted octanol–water partition coefficient (Wildman–Crippen LogP) is 4.88. The Balaban J connectivity index is 2.17. The molecule has 2 atom stereocenters. The van der Waals surface area contributed by atoms with Crippen LogP contribution in [0.5, 0.6) is 5.75 Å². The van der Waals surface area contributed by atoms with Gasteiger partial charge in [-0.25, -0.2) is 0 Å². The zero-order valence-corrected chi connectivity index (χ0v) is 13.7. The third-order valence-corrected chi connectivity index (χ3v) is 5.05. The number of aliphatic hydroxyl groups excluding tert-OH is 1. The van der Waals surface area contributed by atoms with Crippen LogP contribution in [0.2, 0.25) is 0 Å². The van der Waals surface area contributed by atoms with Gasteiger partial charge in [-0.15, -0.1) is 0 Å². The molecule has 118 valence electrons. The van der Waals surface area contributed by atoms with Gasteiger partial charge in [0.1, 0.15) is 5.75 Å². The van der Waals surface area contributed by atoms with Gasteiger partial charge in [-0.1, -0.05) is 52.2 Å². The molecule has 0 spiro atoms. The summed E-state index contributed by atoms with van der Waals surface area (Å²) in [6.07, 6.45) is 7.16. The van der Waals surface area contributed by atoms with Gasteiger partial charge in [-0.05, 0) is 54.2 Å². The summed E-state index contributed by atoms with van der Waals surface area (Å²) in [5, 5.41) is 20.3. The molecule has 0 saturated heterocycles. The van der Waals surface area contributed by atoms with Crippen LogP contribution in [0.1, 0.15) is 82.8 Å². The Morgan fingerprint density at radius 3 is 2.62 bits per heavy atom. The van der Waals surface area contributed by atoms with Crippen molar-refractivity contribution in [3.05, 3.63) is 29.3 Å². The van der Waals surface area contributed by atoms with Crippen molar-refractivity contribution >= 4 is 0 Å². The van der Waals surface area contributed by atoms with E-state index in [9.17, 15) is 10.2 Å². The highest BCUT2D eigenvalue weighted by molar-refractivity contribution is 5.41. The van der Waals surface area contributed by atoms with E-state index in [4.69, 9.17) is 0 Å². The molecule has 1 saturated carbocycles. The van der Waals surface area contributed by atoms with E-state index in [-0.39, 0.29) is 11.5 Å². The Morgan fingerprint density at radius 2 is 2.00 bits per heavy atom. The van der Waals surface area contributed by atoms with Crippen molar-refractivity contribution in [1.29, 1.82) is 0 Å². The van der Waals surface area contributed by atoms with Crippen LogP contribution in [-0.4, -0.2) is 16.3 Å². The predicted molar refractivity (Wildman–Crippen MR) is 87.9 cm³/mol. The molecule has 1 aromatic carbocycles. The van der Waals surface area contributed by atoms with Crippen molar-refractivity contribution < 1.29 is 10.2 Å². The normalized spacial score (nSPS) is 23.2. The number of hydrogen-bond donors (Lipinski definition) is 2. The Kier molecular flexibility index (Phi) is 5.32. The largest absolute Gasteiger partial charge is 0.508 e. The topological polar surface area (TPSA) is 40.5 Å². The highest BCUT2D eigenvalue weighted by atomic mass is 16.3. The van der Waals surface area contributed by atoms with Gasteiger partial charge >= 0.3 is 0 Å². The summed E-state index contributed by atoms with van der Waals surface area (Å²) in [5.74, 6) is 0.720. The number of phenols is 1. The van der Waals surface area contributed by atoms with Crippen LogP contribution < -0.4 is 0 Å². The van der Waals surface area contributed by atoms with Gasteiger partial charge in [0.2, 0.25) is 0 Å². The summed E-state index contributed by atoms with van der Waals surface area (Å²) in [5.41, 5.74) is 2.34. The average Bonchev–Trinajstić information content (AvgIpc) is 2.45. The van der Waals surface area contributed by atoms with Crippen LogP contribution >= 0.6 is 0 Å². The monoisotopic (exact) mass is 290 g/mol. The van der Waals surface area contributed by atoms with Crippen molar-refractivity contribution in [3.8, 4) is 5.75 Å². The summed E-state index contributed by atoms with van der Waals surface area (Å²) in [6.45, 7) is 6.72. The van der Waals surface area contributed by atoms with Crippen molar-refractivity contribution in [3.63, 3.8) is 0 Å². The van der Waals surface area contributed by atoms with Crippen molar-refractivity contribution in [2.24, 2.45) is 0 Å². The summed E-state index contributed by atoms with van der Waals surface area (Å²) in [4.78, 5) is 0. The van der Waals surface area contributed by atoms with Crippen LogP contribution in [0.3, 0.4) is 0 Å². The van der Waals surface area contributed by atoms with E-state index in [2.05, 4.69) is 32.9 Å². The molecular weight excluding hydrogens is 260 g/mol. The van der Waals surface area contributed by atoms with Gasteiger partial charge in [0.15, 0.2) is 0 Å². The van der Waals surface area contributed by atoms with Crippen LogP contribution in [0.15, 0.2) is 18.2 Å². The third kappa shape index (κ3) is 4.00. The van der Waals surface area contributed by atoms with Gasteiger partial charge < -0.3 is 10.2 Å². The molecule has 2 rings (SSSR count). The van der Waals surface area contributed by atoms with Gasteiger partial charge in [-0.2, -0.15) is 0 Å². The maximum Gasteiger partial charge on any atom is 0.119 e. The van der Waals surface area contributed by atoms with Gasteiger partial charge in [0.25, 0.3) is 0 Å². The third-order valence-electron chi connectivity index (χ3n) is 5.05. The smallest absolute Gasteiger partial charge is 0.119 e. The number of unbranched alkanes of at least 4 members (excludes halogenated alkanes) is 1. The fraction of sp³-hybridized carbons (Fsp3) is 0.684. The molecule has 0 bridgehead atoms. The molecule has 1 aromatic rings. The maximum atomic E-state index is 10.4. The molecule has 1 fully saturated rings. The number of aromatic hydroxyl groups is 1. The highest BCUT2D eigenvalue weighted by Gasteiger charge is 2.26. The van der Waals surface area contributed by atoms with Crippen LogP contribution in [-0.2, 0) is 5.41 Å². The first kappa shape index (κ1) is 16.4. The van der Waals surface area contributed by atoms with Crippen LogP contribution in [0.25, 0.3) is 0 Å². The molecule has 0 radical (unpaired) electrons. The first-order valence-electron chi connectivity index (χ1n) is 8.45. The lowest BCUT2D eigenvalue weighted by molar-refractivity contribution is 0.119. The van der Waals surface area contributed by atoms with Crippen molar-refractivity contribution in [2.75, 3.05) is 0 Å². The molecule has 0 aromatic heterocycles. The molecule has 2 heteroatoms. The SMILES string of the molecule is CCCCC(C)(C)c1ccc([C@H]2CCC[C@@H](O)C2)c(O)c1. The maximum absolute atomic E-state index is 10.4. The van der Waals surface area contributed by atoms with Gasteiger partial charge in [-0.3, -0.25) is 0 Å². The van der Waals surface area contributed by atoms with E-state index in [0.717, 1.165) is 37.7 Å². The van der Waals surface area contributed by atoms with Crippen molar-refractivity contribution in [2.45, 2.75) is 83.2 Å². The zero-order chi connectivity index (χ0) is 15.5. The molecule has 2 nitrogen and oxygen atoms in total. The lowest BCUT2D eigenvalue weighted by Crippen LogP contribution is -2.19. The second-order valence-electron chi connectivity index (χ2n) is 7.28. The molecule has 0 heterocycles. The molecule has 1 aliphatic carbocycles. The molecule has 2 N–H and O–H groups in total. The Bertz CT molecular complexity index is 465. The second kappa shape index (κ2) is 6.83. The van der Waals surface area contributed by atoms with E-state index in [1.54, 1.807) is 0 Å². The lowest BCUT2D eigenvalue weighted by atomic mass is 9.77. The molecule has 0 amide bonds. The highest BCUT2D eigenvalue weighted by Crippen LogP contribution is 2.39. The van der Waals surface area contributed by atoms with Gasteiger partial charge in [0, 0.05) is 0 Å². The fourth-order valence-electron chi connectivity index (χ4n) is 3.52. The molecule has 1 aliphatic rings. The number of aliphatic hydroxyl groups is 1. The quantitative estimate of drug-likeness (QED) is 0.811. The first-order valence-corrected chi connectivity index (χ1v) is 8.45. The Morgan fingerprint density at radius 1 is 1.24 bits per heavy atom. The lowest BCUT2D eigenvalue weighted by Gasteiger charge is -2.29. The van der Waals surface area contributed by atoms with E-state index >= 15 is 0 Å². The standard InChI is InChI=1S/C19H30O2/c1-4-5-11-19(2,3)15-9-10-17(18(21)13-15)14-7-6-8-16(20)12-14/h9-10,13-14,16,20-21H,4-8,11-12H2,1-3H3/t14-,16+/m0/s1. The van der Waals surface area contributed by atoms with Crippen LogP contribution in [0.4, 0.5) is 0 Å². The van der Waals surface area contributed by atoms with Crippen LogP contribution in [0, 0.1) is 0 Å². The number of benzene rings is 1. The summed E-state index contributed by atoms with van der Waals surface area (Å²) in [6, 6.07) is 6.21. The van der Waals surface area contributed by atoms with E-state index in [1.165, 1.54) is 18.4 Å². The summed E-state index contributed by atoms with van der Waals surface area (Å²) < 4.78 is 0.